The van der Waals surface area contributed by atoms with Crippen LogP contribution in [0.25, 0.3) is 10.8 Å². The Bertz CT molecular complexity index is 819. The lowest BCUT2D eigenvalue weighted by atomic mass is 10.1. The molecule has 5 heteroatoms. The van der Waals surface area contributed by atoms with Gasteiger partial charge in [-0.3, -0.25) is 0 Å². The van der Waals surface area contributed by atoms with E-state index in [0.29, 0.717) is 0 Å². The quantitative estimate of drug-likeness (QED) is 0.632. The van der Waals surface area contributed by atoms with Crippen molar-refractivity contribution in [1.29, 1.82) is 0 Å². The number of aromatic nitrogens is 1. The number of ether oxygens (including phenoxy) is 2. The molecule has 0 spiro atoms. The smallest absolute Gasteiger partial charge is 0.180 e. The molecule has 24 heavy (non-hydrogen) atoms. The van der Waals surface area contributed by atoms with Gasteiger partial charge in [-0.25, -0.2) is 4.57 Å². The average molecular weight is 364 g/mol. The van der Waals surface area contributed by atoms with E-state index in [-0.39, 0.29) is 12.4 Å². The topological polar surface area (TPSA) is 22.3 Å². The minimum Gasteiger partial charge on any atom is -1.00 e. The van der Waals surface area contributed by atoms with E-state index in [1.165, 1.54) is 5.56 Å². The van der Waals surface area contributed by atoms with Crippen LogP contribution in [-0.2, 0) is 13.0 Å². The molecule has 1 aromatic heterocycles. The van der Waals surface area contributed by atoms with E-state index in [2.05, 4.69) is 35.2 Å². The summed E-state index contributed by atoms with van der Waals surface area (Å²) in [5, 5.41) is 2.94. The summed E-state index contributed by atoms with van der Waals surface area (Å²) in [6.07, 6.45) is 5.14. The molecule has 3 aromatic rings. The Morgan fingerprint density at radius 1 is 0.958 bits per heavy atom. The minimum absolute atomic E-state index is 0. The van der Waals surface area contributed by atoms with Crippen molar-refractivity contribution in [3.63, 3.8) is 0 Å². The van der Waals surface area contributed by atoms with E-state index in [9.17, 15) is 0 Å². The lowest BCUT2D eigenvalue weighted by Crippen LogP contribution is -3.00. The molecule has 0 aliphatic carbocycles. The van der Waals surface area contributed by atoms with Gasteiger partial charge in [0.1, 0.15) is 0 Å². The number of benzene rings is 2. The molecular formula is C19H19Cl2NO2. The third-order valence-electron chi connectivity index (χ3n) is 3.93. The molecule has 0 saturated heterocycles. The van der Waals surface area contributed by atoms with Gasteiger partial charge in [0, 0.05) is 17.5 Å². The van der Waals surface area contributed by atoms with E-state index in [4.69, 9.17) is 21.1 Å². The van der Waals surface area contributed by atoms with Crippen LogP contribution in [0.15, 0.2) is 54.9 Å². The van der Waals surface area contributed by atoms with Crippen LogP contribution in [0.4, 0.5) is 0 Å². The van der Waals surface area contributed by atoms with E-state index >= 15 is 0 Å². The molecule has 0 amide bonds. The summed E-state index contributed by atoms with van der Waals surface area (Å²) >= 11 is 5.93. The van der Waals surface area contributed by atoms with Crippen LogP contribution >= 0.6 is 11.6 Å². The van der Waals surface area contributed by atoms with Gasteiger partial charge < -0.3 is 21.9 Å². The lowest BCUT2D eigenvalue weighted by Gasteiger charge is -2.09. The predicted octanol–water partition coefficient (Wildman–Crippen LogP) is 1.04. The van der Waals surface area contributed by atoms with Crippen LogP contribution in [0, 0.1) is 0 Å². The number of pyridine rings is 1. The normalized spacial score (nSPS) is 10.3. The number of rotatable bonds is 5. The van der Waals surface area contributed by atoms with Crippen molar-refractivity contribution >= 4 is 22.4 Å². The van der Waals surface area contributed by atoms with E-state index in [1.807, 2.05) is 24.3 Å². The van der Waals surface area contributed by atoms with Gasteiger partial charge in [-0.2, -0.15) is 0 Å². The van der Waals surface area contributed by atoms with Crippen molar-refractivity contribution in [3.05, 3.63) is 65.4 Å². The number of nitrogens with zero attached hydrogens (tertiary/aromatic N) is 1. The van der Waals surface area contributed by atoms with Crippen molar-refractivity contribution in [2.75, 3.05) is 14.2 Å². The second-order valence-corrected chi connectivity index (χ2v) is 5.80. The molecule has 0 N–H and O–H groups in total. The maximum atomic E-state index is 5.93. The Hall–Kier alpha value is -1.97. The van der Waals surface area contributed by atoms with Gasteiger partial charge in [0.05, 0.1) is 19.6 Å². The third kappa shape index (κ3) is 3.92. The van der Waals surface area contributed by atoms with Crippen LogP contribution in [0.3, 0.4) is 0 Å². The van der Waals surface area contributed by atoms with Crippen LogP contribution in [0.2, 0.25) is 5.02 Å². The first-order valence-corrected chi connectivity index (χ1v) is 7.87. The molecule has 3 nitrogen and oxygen atoms in total. The molecule has 0 radical (unpaired) electrons. The van der Waals surface area contributed by atoms with Crippen LogP contribution in [0.1, 0.15) is 5.56 Å². The molecule has 0 saturated carbocycles. The number of fused-ring (bicyclic) bond motifs is 1. The summed E-state index contributed by atoms with van der Waals surface area (Å²) in [4.78, 5) is 0. The van der Waals surface area contributed by atoms with Crippen LogP contribution in [-0.4, -0.2) is 14.2 Å². The standard InChI is InChI=1S/C19H19ClNO2.ClH/c1-22-18-8-5-15-10-12-21(13-17(15)19(18)23-2)11-9-14-3-6-16(20)7-4-14;/h3-8,10,12-13H,9,11H2,1-2H3;1H/q+1;/p-1. The minimum atomic E-state index is 0. The highest BCUT2D eigenvalue weighted by molar-refractivity contribution is 6.30. The fourth-order valence-electron chi connectivity index (χ4n) is 2.68. The summed E-state index contributed by atoms with van der Waals surface area (Å²) in [5.41, 5.74) is 1.26. The Balaban J connectivity index is 0.00000208. The highest BCUT2D eigenvalue weighted by Crippen LogP contribution is 2.34. The first-order chi connectivity index (χ1) is 11.2. The zero-order valence-corrected chi connectivity index (χ0v) is 15.1. The Kier molecular flexibility index (Phi) is 6.29. The molecule has 126 valence electrons. The van der Waals surface area contributed by atoms with Gasteiger partial charge in [-0.05, 0) is 35.2 Å². The second kappa shape index (κ2) is 8.22. The van der Waals surface area contributed by atoms with Gasteiger partial charge in [-0.15, -0.1) is 0 Å². The summed E-state index contributed by atoms with van der Waals surface area (Å²) < 4.78 is 13.1. The second-order valence-electron chi connectivity index (χ2n) is 5.36. The molecule has 0 bridgehead atoms. The molecule has 0 fully saturated rings. The van der Waals surface area contributed by atoms with Gasteiger partial charge in [-0.1, -0.05) is 23.7 Å². The fraction of sp³-hybridized carbons (Fsp3) is 0.211. The molecule has 0 unspecified atom stereocenters. The maximum absolute atomic E-state index is 5.93. The summed E-state index contributed by atoms with van der Waals surface area (Å²) in [5.74, 6) is 1.52. The zero-order chi connectivity index (χ0) is 16.2. The van der Waals surface area contributed by atoms with E-state index in [1.54, 1.807) is 14.2 Å². The molecular weight excluding hydrogens is 345 g/mol. The number of aryl methyl sites for hydroxylation is 2. The van der Waals surface area contributed by atoms with Crippen molar-refractivity contribution in [3.8, 4) is 11.5 Å². The van der Waals surface area contributed by atoms with Gasteiger partial charge in [0.15, 0.2) is 30.4 Å². The zero-order valence-electron chi connectivity index (χ0n) is 13.6. The monoisotopic (exact) mass is 363 g/mol. The largest absolute Gasteiger partial charge is 1.00 e. The van der Waals surface area contributed by atoms with Crippen LogP contribution in [0.5, 0.6) is 11.5 Å². The Morgan fingerprint density at radius 2 is 1.71 bits per heavy atom. The fourth-order valence-corrected chi connectivity index (χ4v) is 2.80. The molecule has 0 atom stereocenters. The van der Waals surface area contributed by atoms with Crippen LogP contribution < -0.4 is 26.4 Å². The number of halogens is 2. The predicted molar refractivity (Wildman–Crippen MR) is 92.4 cm³/mol. The number of hydrogen-bond donors (Lipinski definition) is 0. The van der Waals surface area contributed by atoms with Crippen molar-refractivity contribution in [2.24, 2.45) is 0 Å². The van der Waals surface area contributed by atoms with E-state index < -0.39 is 0 Å². The van der Waals surface area contributed by atoms with Gasteiger partial charge in [0.25, 0.3) is 0 Å². The van der Waals surface area contributed by atoms with E-state index in [0.717, 1.165) is 40.3 Å². The summed E-state index contributed by atoms with van der Waals surface area (Å²) in [6.45, 7) is 0.887. The lowest BCUT2D eigenvalue weighted by molar-refractivity contribution is -0.695. The highest BCUT2D eigenvalue weighted by atomic mass is 35.5. The first kappa shape index (κ1) is 18.4. The summed E-state index contributed by atoms with van der Waals surface area (Å²) in [7, 11) is 3.32. The number of hydrogen-bond acceptors (Lipinski definition) is 2. The highest BCUT2D eigenvalue weighted by Gasteiger charge is 2.12. The molecule has 0 aliphatic rings. The summed E-state index contributed by atoms with van der Waals surface area (Å²) in [6, 6.07) is 14.0. The SMILES string of the molecule is COc1ccc2cc[n+](CCc3ccc(Cl)cc3)cc2c1OC.[Cl-]. The Labute approximate surface area is 153 Å². The van der Waals surface area contributed by atoms with Crippen molar-refractivity contribution < 1.29 is 26.4 Å². The molecule has 0 aliphatic heterocycles. The number of methoxy groups -OCH3 is 2. The Morgan fingerprint density at radius 3 is 2.38 bits per heavy atom. The molecule has 3 rings (SSSR count). The molecule has 1 heterocycles. The maximum Gasteiger partial charge on any atom is 0.180 e. The third-order valence-corrected chi connectivity index (χ3v) is 4.18. The van der Waals surface area contributed by atoms with Gasteiger partial charge >= 0.3 is 0 Å². The van der Waals surface area contributed by atoms with Gasteiger partial charge in [0.2, 0.25) is 0 Å². The van der Waals surface area contributed by atoms with Crippen molar-refractivity contribution in [1.82, 2.24) is 0 Å². The molecule has 2 aromatic carbocycles. The van der Waals surface area contributed by atoms with Crippen molar-refractivity contribution in [2.45, 2.75) is 13.0 Å². The average Bonchev–Trinajstić information content (AvgIpc) is 2.60. The first-order valence-electron chi connectivity index (χ1n) is 7.49.